The van der Waals surface area contributed by atoms with Crippen molar-refractivity contribution in [3.63, 3.8) is 0 Å². The van der Waals surface area contributed by atoms with E-state index in [9.17, 15) is 36.9 Å². The molecule has 0 atom stereocenters. The number of alkyl halides is 6. The Morgan fingerprint density at radius 2 is 1.04 bits per heavy atom. The molecule has 0 unspecified atom stereocenters. The fourth-order valence-corrected chi connectivity index (χ4v) is 7.60. The van der Waals surface area contributed by atoms with Crippen molar-refractivity contribution in [1.82, 2.24) is 0 Å². The van der Waals surface area contributed by atoms with Gasteiger partial charge in [-0.3, -0.25) is 0 Å². The summed E-state index contributed by atoms with van der Waals surface area (Å²) in [6.07, 6.45) is -1.35. The minimum absolute atomic E-state index is 0.0383. The average molecular weight is 695 g/mol. The lowest BCUT2D eigenvalue weighted by atomic mass is 9.88. The summed E-state index contributed by atoms with van der Waals surface area (Å²) in [5, 5.41) is 24.1. The second kappa shape index (κ2) is 12.1. The van der Waals surface area contributed by atoms with Gasteiger partial charge in [0.1, 0.15) is 17.7 Å². The summed E-state index contributed by atoms with van der Waals surface area (Å²) in [7, 11) is 0. The number of benzene rings is 5. The lowest BCUT2D eigenvalue weighted by Gasteiger charge is -2.16. The Morgan fingerprint density at radius 1 is 0.519 bits per heavy atom. The SMILES string of the molecule is N#CC(C#N)=c1c(C2=CCCC=C2)c2c3ccc(-c4ccc(C(F)(F)F)cc4)c4c(-c5ccc(C(F)(F)F)cc5)ccc(c-2c1-c1ccccc1)c34. The van der Waals surface area contributed by atoms with Gasteiger partial charge in [-0.1, -0.05) is 97.1 Å². The van der Waals surface area contributed by atoms with Crippen molar-refractivity contribution in [2.45, 2.75) is 25.2 Å². The molecule has 0 amide bonds. The lowest BCUT2D eigenvalue weighted by Crippen LogP contribution is -2.11. The summed E-state index contributed by atoms with van der Waals surface area (Å²) in [5.74, 6) is 0. The maximum atomic E-state index is 13.6. The molecule has 0 saturated carbocycles. The van der Waals surface area contributed by atoms with E-state index in [1.54, 1.807) is 0 Å². The van der Waals surface area contributed by atoms with Gasteiger partial charge in [0.25, 0.3) is 0 Å². The molecule has 52 heavy (non-hydrogen) atoms. The number of allylic oxidation sites excluding steroid dienone is 4. The summed E-state index contributed by atoms with van der Waals surface area (Å²) in [5.41, 5.74) is 5.30. The van der Waals surface area contributed by atoms with Gasteiger partial charge in [0.2, 0.25) is 0 Å². The molecule has 0 fully saturated rings. The molecule has 0 bridgehead atoms. The predicted molar refractivity (Wildman–Crippen MR) is 192 cm³/mol. The highest BCUT2D eigenvalue weighted by Crippen LogP contribution is 2.54. The molecule has 0 aromatic heterocycles. The molecular formula is C44H24F6N2. The van der Waals surface area contributed by atoms with E-state index >= 15 is 0 Å². The van der Waals surface area contributed by atoms with Crippen LogP contribution in [0.4, 0.5) is 26.3 Å². The van der Waals surface area contributed by atoms with E-state index in [2.05, 4.69) is 18.2 Å². The molecule has 0 spiro atoms. The van der Waals surface area contributed by atoms with E-state index in [-0.39, 0.29) is 5.57 Å². The molecule has 0 N–H and O–H groups in total. The molecule has 0 saturated heterocycles. The molecule has 0 heterocycles. The molecule has 0 aliphatic heterocycles. The van der Waals surface area contributed by atoms with Gasteiger partial charge in [0.15, 0.2) is 0 Å². The van der Waals surface area contributed by atoms with Gasteiger partial charge in [-0.25, -0.2) is 0 Å². The zero-order valence-corrected chi connectivity index (χ0v) is 27.1. The Bertz CT molecular complexity index is 2610. The Hall–Kier alpha value is -6.38. The highest BCUT2D eigenvalue weighted by molar-refractivity contribution is 6.32. The molecule has 5 aromatic rings. The third-order valence-corrected chi connectivity index (χ3v) is 9.82. The molecular weight excluding hydrogens is 670 g/mol. The van der Waals surface area contributed by atoms with Crippen LogP contribution in [0.5, 0.6) is 0 Å². The van der Waals surface area contributed by atoms with E-state index in [0.29, 0.717) is 38.4 Å². The van der Waals surface area contributed by atoms with E-state index in [4.69, 9.17) is 0 Å². The highest BCUT2D eigenvalue weighted by atomic mass is 19.4. The number of halogens is 6. The first kappa shape index (κ1) is 32.8. The first-order valence-electron chi connectivity index (χ1n) is 16.4. The van der Waals surface area contributed by atoms with Gasteiger partial charge in [0, 0.05) is 10.8 Å². The van der Waals surface area contributed by atoms with Crippen LogP contribution in [0.25, 0.3) is 77.2 Å². The molecule has 3 aliphatic rings. The molecule has 3 aliphatic carbocycles. The van der Waals surface area contributed by atoms with E-state index < -0.39 is 23.5 Å². The van der Waals surface area contributed by atoms with Gasteiger partial charge in [-0.15, -0.1) is 0 Å². The normalized spacial score (nSPS) is 13.4. The minimum Gasteiger partial charge on any atom is -0.192 e. The third kappa shape index (κ3) is 5.18. The largest absolute Gasteiger partial charge is 0.416 e. The summed E-state index contributed by atoms with van der Waals surface area (Å²) in [6, 6.07) is 30.9. The van der Waals surface area contributed by atoms with Gasteiger partial charge >= 0.3 is 12.4 Å². The number of nitrogens with zero attached hydrogens (tertiary/aromatic N) is 2. The Kier molecular flexibility index (Phi) is 7.66. The first-order valence-corrected chi connectivity index (χ1v) is 16.4. The van der Waals surface area contributed by atoms with Crippen LogP contribution in [0.2, 0.25) is 0 Å². The maximum absolute atomic E-state index is 13.6. The van der Waals surface area contributed by atoms with Crippen molar-refractivity contribution < 1.29 is 26.3 Å². The summed E-state index contributed by atoms with van der Waals surface area (Å²) in [6.45, 7) is 0. The van der Waals surface area contributed by atoms with Crippen LogP contribution in [-0.4, -0.2) is 0 Å². The smallest absolute Gasteiger partial charge is 0.192 e. The number of nitriles is 2. The van der Waals surface area contributed by atoms with Crippen LogP contribution in [0.1, 0.15) is 29.5 Å². The number of rotatable bonds is 4. The third-order valence-electron chi connectivity index (χ3n) is 9.82. The lowest BCUT2D eigenvalue weighted by molar-refractivity contribution is -0.138. The molecule has 8 rings (SSSR count). The van der Waals surface area contributed by atoms with Crippen molar-refractivity contribution in [1.29, 1.82) is 10.5 Å². The van der Waals surface area contributed by atoms with E-state index in [1.165, 1.54) is 24.3 Å². The number of fused-ring (bicyclic) bond motifs is 3. The number of hydrogen-bond acceptors (Lipinski definition) is 2. The molecule has 8 heteroatoms. The second-order valence-corrected chi connectivity index (χ2v) is 12.7. The Balaban J connectivity index is 1.56. The monoisotopic (exact) mass is 694 g/mol. The van der Waals surface area contributed by atoms with Crippen LogP contribution >= 0.6 is 0 Å². The van der Waals surface area contributed by atoms with Crippen molar-refractivity contribution in [3.8, 4) is 56.6 Å². The summed E-state index contributed by atoms with van der Waals surface area (Å²) < 4.78 is 81.5. The van der Waals surface area contributed by atoms with Gasteiger partial charge in [-0.05, 0) is 109 Å². The van der Waals surface area contributed by atoms with Crippen molar-refractivity contribution in [2.24, 2.45) is 0 Å². The fraction of sp³-hybridized carbons (Fsp3) is 0.0909. The van der Waals surface area contributed by atoms with Crippen molar-refractivity contribution >= 4 is 32.7 Å². The first-order chi connectivity index (χ1) is 25.0. The quantitative estimate of drug-likeness (QED) is 0.172. The van der Waals surface area contributed by atoms with Crippen LogP contribution in [0.3, 0.4) is 0 Å². The summed E-state index contributed by atoms with van der Waals surface area (Å²) >= 11 is 0. The minimum atomic E-state index is -4.54. The van der Waals surface area contributed by atoms with Gasteiger partial charge < -0.3 is 0 Å². The van der Waals surface area contributed by atoms with Crippen LogP contribution in [-0.2, 0) is 12.4 Å². The molecule has 252 valence electrons. The van der Waals surface area contributed by atoms with Crippen molar-refractivity contribution in [3.05, 3.63) is 143 Å². The zero-order valence-electron chi connectivity index (χ0n) is 27.1. The maximum Gasteiger partial charge on any atom is 0.416 e. The van der Waals surface area contributed by atoms with Crippen LogP contribution < -0.4 is 5.22 Å². The van der Waals surface area contributed by atoms with Crippen molar-refractivity contribution in [2.75, 3.05) is 0 Å². The van der Waals surface area contributed by atoms with Gasteiger partial charge in [-0.2, -0.15) is 36.9 Å². The van der Waals surface area contributed by atoms with Crippen LogP contribution in [0, 0.1) is 22.7 Å². The van der Waals surface area contributed by atoms with Crippen LogP contribution in [0.15, 0.2) is 121 Å². The Morgan fingerprint density at radius 3 is 1.50 bits per heavy atom. The predicted octanol–water partition coefficient (Wildman–Crippen LogP) is 12.2. The molecule has 2 nitrogen and oxygen atoms in total. The molecule has 0 radical (unpaired) electrons. The fourth-order valence-electron chi connectivity index (χ4n) is 7.60. The van der Waals surface area contributed by atoms with E-state index in [1.807, 2.05) is 66.7 Å². The second-order valence-electron chi connectivity index (χ2n) is 12.7. The summed E-state index contributed by atoms with van der Waals surface area (Å²) in [4.78, 5) is 0. The standard InChI is InChI=1S/C44H24F6N2/c45-43(46,47)30-15-11-25(12-16-30)32-19-21-34-40-35(22-20-33(39(32)40)26-13-17-31(18-14-26)44(48,49)50)42-37(28-9-5-2-6-10-28)38(29(23-51)24-52)36(41(34)42)27-7-3-1-4-8-27/h1,3-5,7-22H,2,6H2. The topological polar surface area (TPSA) is 47.6 Å². The van der Waals surface area contributed by atoms with E-state index in [0.717, 1.165) is 81.1 Å². The molecule has 5 aromatic carbocycles. The number of hydrogen-bond donors (Lipinski definition) is 0. The highest BCUT2D eigenvalue weighted by Gasteiger charge is 2.34. The zero-order chi connectivity index (χ0) is 36.4. The Labute approximate surface area is 294 Å². The van der Waals surface area contributed by atoms with Gasteiger partial charge in [0.05, 0.1) is 11.1 Å². The average Bonchev–Trinajstić information content (AvgIpc) is 3.66.